The van der Waals surface area contributed by atoms with Gasteiger partial charge in [0.1, 0.15) is 5.82 Å². The van der Waals surface area contributed by atoms with Gasteiger partial charge in [-0.15, -0.1) is 0 Å². The summed E-state index contributed by atoms with van der Waals surface area (Å²) in [7, 11) is 0. The van der Waals surface area contributed by atoms with E-state index in [1.54, 1.807) is 12.1 Å². The zero-order valence-electron chi connectivity index (χ0n) is 13.1. The van der Waals surface area contributed by atoms with Gasteiger partial charge in [-0.1, -0.05) is 19.4 Å². The molecule has 3 heteroatoms. The molecule has 3 aliphatic rings. The van der Waals surface area contributed by atoms with Gasteiger partial charge in [0, 0.05) is 35.2 Å². The summed E-state index contributed by atoms with van der Waals surface area (Å²) in [6.07, 6.45) is 8.58. The van der Waals surface area contributed by atoms with Crippen molar-refractivity contribution in [3.63, 3.8) is 0 Å². The summed E-state index contributed by atoms with van der Waals surface area (Å²) in [6.45, 7) is 3.44. The number of rotatable bonds is 4. The zero-order chi connectivity index (χ0) is 14.9. The van der Waals surface area contributed by atoms with Gasteiger partial charge in [-0.05, 0) is 55.2 Å². The van der Waals surface area contributed by atoms with Crippen LogP contribution in [-0.4, -0.2) is 28.0 Å². The monoisotopic (exact) mass is 298 g/mol. The van der Waals surface area contributed by atoms with Crippen molar-refractivity contribution in [3.8, 4) is 0 Å². The predicted molar refractivity (Wildman–Crippen MR) is 86.3 cm³/mol. The summed E-state index contributed by atoms with van der Waals surface area (Å²) in [6, 6.07) is 6.14. The number of fused-ring (bicyclic) bond motifs is 1. The van der Waals surface area contributed by atoms with E-state index in [0.717, 1.165) is 47.3 Å². The number of aromatic amines is 1. The quantitative estimate of drug-likeness (QED) is 0.841. The lowest BCUT2D eigenvalue weighted by Gasteiger charge is -2.36. The first kappa shape index (κ1) is 13.1. The summed E-state index contributed by atoms with van der Waals surface area (Å²) in [5.74, 6) is 1.78. The summed E-state index contributed by atoms with van der Waals surface area (Å²) < 4.78 is 14.1. The fourth-order valence-corrected chi connectivity index (χ4v) is 5.71. The van der Waals surface area contributed by atoms with Crippen LogP contribution >= 0.6 is 0 Å². The number of nitrogens with one attached hydrogen (secondary N) is 1. The van der Waals surface area contributed by atoms with Crippen LogP contribution in [0.25, 0.3) is 10.9 Å². The van der Waals surface area contributed by atoms with Crippen molar-refractivity contribution in [3.05, 3.63) is 35.8 Å². The molecular weight excluding hydrogens is 275 g/mol. The number of piperidine rings is 1. The van der Waals surface area contributed by atoms with Gasteiger partial charge >= 0.3 is 0 Å². The standard InChI is InChI=1S/C19H23FN2/c1-2-12-10-14-6-8-19(14)18(12)22(19)9-7-13-11-21-16-5-3-4-15(20)17(13)16/h3-5,11-12,14,18,21H,2,6-10H2,1H3. The second kappa shape index (κ2) is 4.35. The fraction of sp³-hybridized carbons (Fsp3) is 0.579. The smallest absolute Gasteiger partial charge is 0.132 e. The third-order valence-electron chi connectivity index (χ3n) is 6.83. The highest BCUT2D eigenvalue weighted by molar-refractivity contribution is 5.83. The van der Waals surface area contributed by atoms with E-state index in [9.17, 15) is 4.39 Å². The number of H-pyrrole nitrogens is 1. The first-order valence-corrected chi connectivity index (χ1v) is 8.77. The SMILES string of the molecule is CCC1CC2CCC23C1N3CCc1c[nH]c2cccc(F)c12. The molecule has 0 amide bonds. The summed E-state index contributed by atoms with van der Waals surface area (Å²) in [4.78, 5) is 5.97. The number of aromatic nitrogens is 1. The van der Waals surface area contributed by atoms with Crippen LogP contribution in [0.2, 0.25) is 0 Å². The van der Waals surface area contributed by atoms with Gasteiger partial charge in [-0.25, -0.2) is 4.39 Å². The molecule has 5 unspecified atom stereocenters. The average molecular weight is 298 g/mol. The molecule has 1 aliphatic heterocycles. The number of hydrogen-bond donors (Lipinski definition) is 1. The van der Waals surface area contributed by atoms with Crippen molar-refractivity contribution < 1.29 is 4.39 Å². The van der Waals surface area contributed by atoms with E-state index in [4.69, 9.17) is 0 Å². The molecule has 3 fully saturated rings. The topological polar surface area (TPSA) is 18.8 Å². The number of halogens is 1. The molecule has 1 N–H and O–H groups in total. The van der Waals surface area contributed by atoms with Crippen LogP contribution in [0.3, 0.4) is 0 Å². The Labute approximate surface area is 130 Å². The van der Waals surface area contributed by atoms with Crippen molar-refractivity contribution in [2.24, 2.45) is 11.8 Å². The predicted octanol–water partition coefficient (Wildman–Crippen LogP) is 4.11. The van der Waals surface area contributed by atoms with Crippen LogP contribution in [0.5, 0.6) is 0 Å². The Morgan fingerprint density at radius 1 is 1.41 bits per heavy atom. The molecule has 5 rings (SSSR count). The zero-order valence-corrected chi connectivity index (χ0v) is 13.1. The van der Waals surface area contributed by atoms with Gasteiger partial charge in [0.2, 0.25) is 0 Å². The molecule has 1 aromatic heterocycles. The molecule has 1 aromatic carbocycles. The van der Waals surface area contributed by atoms with E-state index in [2.05, 4.69) is 16.8 Å². The lowest BCUT2D eigenvalue weighted by molar-refractivity contribution is 0.147. The molecule has 1 saturated heterocycles. The Bertz CT molecular complexity index is 736. The maximum Gasteiger partial charge on any atom is 0.132 e. The highest BCUT2D eigenvalue weighted by Crippen LogP contribution is 2.69. The molecule has 5 atom stereocenters. The van der Waals surface area contributed by atoms with Crippen molar-refractivity contribution in [2.45, 2.75) is 50.6 Å². The minimum atomic E-state index is -0.0918. The third-order valence-corrected chi connectivity index (χ3v) is 6.83. The van der Waals surface area contributed by atoms with Crippen LogP contribution in [0.1, 0.15) is 38.2 Å². The first-order chi connectivity index (χ1) is 10.8. The number of benzene rings is 1. The number of hydrogen-bond acceptors (Lipinski definition) is 1. The third kappa shape index (κ3) is 1.48. The van der Waals surface area contributed by atoms with Crippen molar-refractivity contribution >= 4 is 10.9 Å². The number of likely N-dealkylation sites (tertiary alicyclic amines) is 1. The molecule has 2 heterocycles. The Hall–Kier alpha value is -1.35. The normalized spacial score (nSPS) is 38.6. The van der Waals surface area contributed by atoms with Crippen LogP contribution < -0.4 is 0 Å². The van der Waals surface area contributed by atoms with Gasteiger partial charge in [-0.2, -0.15) is 0 Å². The Kier molecular flexibility index (Phi) is 2.59. The van der Waals surface area contributed by atoms with Crippen molar-refractivity contribution in [1.82, 2.24) is 9.88 Å². The summed E-state index contributed by atoms with van der Waals surface area (Å²) >= 11 is 0. The largest absolute Gasteiger partial charge is 0.361 e. The van der Waals surface area contributed by atoms with Gasteiger partial charge in [0.25, 0.3) is 0 Å². The van der Waals surface area contributed by atoms with Crippen LogP contribution in [0.15, 0.2) is 24.4 Å². The maximum absolute atomic E-state index is 14.1. The molecule has 116 valence electrons. The van der Waals surface area contributed by atoms with E-state index in [1.165, 1.54) is 25.7 Å². The van der Waals surface area contributed by atoms with Gasteiger partial charge in [0.05, 0.1) is 0 Å². The highest BCUT2D eigenvalue weighted by atomic mass is 19.1. The molecular formula is C19H23FN2. The van der Waals surface area contributed by atoms with Crippen molar-refractivity contribution in [2.75, 3.05) is 6.54 Å². The minimum absolute atomic E-state index is 0.0918. The number of nitrogens with zero attached hydrogens (tertiary/aromatic N) is 1. The van der Waals surface area contributed by atoms with Gasteiger partial charge < -0.3 is 4.98 Å². The highest BCUT2D eigenvalue weighted by Gasteiger charge is 2.75. The van der Waals surface area contributed by atoms with E-state index in [-0.39, 0.29) is 5.82 Å². The Morgan fingerprint density at radius 3 is 3.09 bits per heavy atom. The lowest BCUT2D eigenvalue weighted by Crippen LogP contribution is -2.38. The summed E-state index contributed by atoms with van der Waals surface area (Å²) in [5, 5.41) is 0.796. The summed E-state index contributed by atoms with van der Waals surface area (Å²) in [5.41, 5.74) is 2.64. The van der Waals surface area contributed by atoms with E-state index in [0.29, 0.717) is 5.54 Å². The lowest BCUT2D eigenvalue weighted by atomic mass is 9.74. The fourth-order valence-electron chi connectivity index (χ4n) is 5.71. The molecule has 2 saturated carbocycles. The first-order valence-electron chi connectivity index (χ1n) is 8.77. The van der Waals surface area contributed by atoms with Gasteiger partial charge in [-0.3, -0.25) is 4.90 Å². The van der Waals surface area contributed by atoms with E-state index in [1.807, 2.05) is 12.3 Å². The van der Waals surface area contributed by atoms with E-state index >= 15 is 0 Å². The molecule has 0 radical (unpaired) electrons. The molecule has 22 heavy (non-hydrogen) atoms. The molecule has 2 aliphatic carbocycles. The van der Waals surface area contributed by atoms with Crippen LogP contribution in [-0.2, 0) is 6.42 Å². The average Bonchev–Trinajstić information content (AvgIpc) is 2.91. The molecule has 2 nitrogen and oxygen atoms in total. The molecule has 1 spiro atoms. The Balaban J connectivity index is 1.36. The second-order valence-electron chi connectivity index (χ2n) is 7.50. The van der Waals surface area contributed by atoms with Crippen LogP contribution in [0, 0.1) is 17.7 Å². The van der Waals surface area contributed by atoms with E-state index < -0.39 is 0 Å². The minimum Gasteiger partial charge on any atom is -0.361 e. The molecule has 2 aromatic rings. The van der Waals surface area contributed by atoms with Crippen molar-refractivity contribution in [1.29, 1.82) is 0 Å². The maximum atomic E-state index is 14.1. The Morgan fingerprint density at radius 2 is 2.32 bits per heavy atom. The van der Waals surface area contributed by atoms with Gasteiger partial charge in [0.15, 0.2) is 0 Å². The van der Waals surface area contributed by atoms with Crippen LogP contribution in [0.4, 0.5) is 4.39 Å². The molecule has 0 bridgehead atoms. The second-order valence-corrected chi connectivity index (χ2v) is 7.50.